The maximum absolute atomic E-state index is 12.1. The predicted octanol–water partition coefficient (Wildman–Crippen LogP) is 2.46. The van der Waals surface area contributed by atoms with E-state index in [0.29, 0.717) is 17.7 Å². The molecule has 1 amide bonds. The van der Waals surface area contributed by atoms with Crippen molar-refractivity contribution in [3.63, 3.8) is 0 Å². The number of carbonyl (C=O) groups excluding carboxylic acids is 1. The molecule has 0 saturated carbocycles. The van der Waals surface area contributed by atoms with Crippen LogP contribution < -0.4 is 4.90 Å². The second kappa shape index (κ2) is 6.42. The summed E-state index contributed by atoms with van der Waals surface area (Å²) in [7, 11) is 1.62. The van der Waals surface area contributed by atoms with Crippen LogP contribution in [-0.2, 0) is 4.79 Å². The third-order valence-electron chi connectivity index (χ3n) is 2.72. The van der Waals surface area contributed by atoms with Crippen molar-refractivity contribution < 1.29 is 4.79 Å². The molecule has 1 unspecified atom stereocenters. The van der Waals surface area contributed by atoms with Crippen molar-refractivity contribution in [3.05, 3.63) is 29.8 Å². The Bertz CT molecular complexity index is 511. The lowest BCUT2D eigenvalue weighted by atomic mass is 10.0. The van der Waals surface area contributed by atoms with Gasteiger partial charge in [-0.2, -0.15) is 10.5 Å². The minimum Gasteiger partial charge on any atom is -0.314 e. The van der Waals surface area contributed by atoms with Gasteiger partial charge in [-0.05, 0) is 24.6 Å². The highest BCUT2D eigenvalue weighted by Gasteiger charge is 2.21. The molecule has 18 heavy (non-hydrogen) atoms. The van der Waals surface area contributed by atoms with Gasteiger partial charge in [0.25, 0.3) is 0 Å². The van der Waals surface area contributed by atoms with Gasteiger partial charge in [-0.25, -0.2) is 0 Å². The second-order valence-corrected chi connectivity index (χ2v) is 4.03. The van der Waals surface area contributed by atoms with Crippen molar-refractivity contribution in [1.82, 2.24) is 0 Å². The maximum Gasteiger partial charge on any atom is 0.244 e. The molecular weight excluding hydrogens is 226 g/mol. The van der Waals surface area contributed by atoms with E-state index >= 15 is 0 Å². The molecule has 1 atom stereocenters. The number of hydrogen-bond acceptors (Lipinski definition) is 3. The van der Waals surface area contributed by atoms with E-state index in [-0.39, 0.29) is 5.91 Å². The zero-order valence-corrected chi connectivity index (χ0v) is 10.6. The molecule has 0 spiro atoms. The summed E-state index contributed by atoms with van der Waals surface area (Å²) in [6.07, 6.45) is 1.34. The van der Waals surface area contributed by atoms with Crippen LogP contribution in [0.1, 0.15) is 25.3 Å². The highest BCUT2D eigenvalue weighted by Crippen LogP contribution is 2.18. The Morgan fingerprint density at radius 2 is 2.17 bits per heavy atom. The van der Waals surface area contributed by atoms with E-state index < -0.39 is 5.92 Å². The molecule has 0 N–H and O–H groups in total. The first-order valence-corrected chi connectivity index (χ1v) is 5.81. The van der Waals surface area contributed by atoms with Gasteiger partial charge in [0.15, 0.2) is 0 Å². The highest BCUT2D eigenvalue weighted by molar-refractivity contribution is 5.96. The molecule has 0 aliphatic heterocycles. The second-order valence-electron chi connectivity index (χ2n) is 4.03. The highest BCUT2D eigenvalue weighted by atomic mass is 16.2. The fourth-order valence-corrected chi connectivity index (χ4v) is 1.68. The van der Waals surface area contributed by atoms with E-state index in [9.17, 15) is 4.79 Å². The summed E-state index contributed by atoms with van der Waals surface area (Å²) in [5.74, 6) is -0.847. The summed E-state index contributed by atoms with van der Waals surface area (Å²) in [5.41, 5.74) is 1.13. The first-order valence-electron chi connectivity index (χ1n) is 5.81. The van der Waals surface area contributed by atoms with Crippen LogP contribution in [0.25, 0.3) is 0 Å². The number of hydrogen-bond donors (Lipinski definition) is 0. The SMILES string of the molecule is CCCC(C#N)C(=O)N(C)c1cccc(C#N)c1. The fraction of sp³-hybridized carbons (Fsp3) is 0.357. The molecule has 0 fully saturated rings. The van der Waals surface area contributed by atoms with E-state index in [1.54, 1.807) is 31.3 Å². The van der Waals surface area contributed by atoms with Crippen LogP contribution in [0.4, 0.5) is 5.69 Å². The molecular formula is C14H15N3O. The average molecular weight is 241 g/mol. The standard InChI is InChI=1S/C14H15N3O/c1-3-5-12(10-16)14(18)17(2)13-7-4-6-11(8-13)9-15/h4,6-8,12H,3,5H2,1-2H3. The van der Waals surface area contributed by atoms with Crippen LogP contribution in [0.2, 0.25) is 0 Å². The molecule has 4 nitrogen and oxygen atoms in total. The van der Waals surface area contributed by atoms with Crippen LogP contribution in [0, 0.1) is 28.6 Å². The number of carbonyl (C=O) groups is 1. The van der Waals surface area contributed by atoms with Crippen LogP contribution in [0.15, 0.2) is 24.3 Å². The summed E-state index contributed by atoms with van der Waals surface area (Å²) in [6.45, 7) is 1.94. The van der Waals surface area contributed by atoms with Gasteiger partial charge in [0, 0.05) is 12.7 Å². The molecule has 0 aliphatic carbocycles. The third-order valence-corrected chi connectivity index (χ3v) is 2.72. The molecule has 0 radical (unpaired) electrons. The fourth-order valence-electron chi connectivity index (χ4n) is 1.68. The molecule has 92 valence electrons. The van der Waals surface area contributed by atoms with Gasteiger partial charge in [-0.15, -0.1) is 0 Å². The van der Waals surface area contributed by atoms with Crippen molar-refractivity contribution in [1.29, 1.82) is 10.5 Å². The third kappa shape index (κ3) is 3.09. The lowest BCUT2D eigenvalue weighted by Crippen LogP contribution is -2.32. The van der Waals surface area contributed by atoms with E-state index in [1.165, 1.54) is 4.90 Å². The van der Waals surface area contributed by atoms with Gasteiger partial charge in [-0.3, -0.25) is 4.79 Å². The summed E-state index contributed by atoms with van der Waals surface area (Å²) in [5, 5.41) is 17.8. The van der Waals surface area contributed by atoms with Crippen LogP contribution in [0.5, 0.6) is 0 Å². The molecule has 0 bridgehead atoms. The number of rotatable bonds is 4. The molecule has 0 aliphatic rings. The monoisotopic (exact) mass is 241 g/mol. The number of nitrogens with zero attached hydrogens (tertiary/aromatic N) is 3. The zero-order valence-electron chi connectivity index (χ0n) is 10.6. The van der Waals surface area contributed by atoms with Gasteiger partial charge in [0.2, 0.25) is 5.91 Å². The Hall–Kier alpha value is -2.33. The molecule has 1 rings (SSSR count). The zero-order chi connectivity index (χ0) is 13.5. The molecule has 1 aromatic carbocycles. The van der Waals surface area contributed by atoms with Gasteiger partial charge >= 0.3 is 0 Å². The summed E-state index contributed by atoms with van der Waals surface area (Å²) >= 11 is 0. The molecule has 0 heterocycles. The topological polar surface area (TPSA) is 67.9 Å². The van der Waals surface area contributed by atoms with E-state index in [1.807, 2.05) is 19.1 Å². The Balaban J connectivity index is 2.93. The van der Waals surface area contributed by atoms with Gasteiger partial charge in [0.1, 0.15) is 5.92 Å². The van der Waals surface area contributed by atoms with Crippen molar-refractivity contribution >= 4 is 11.6 Å². The van der Waals surface area contributed by atoms with Crippen molar-refractivity contribution in [3.8, 4) is 12.1 Å². The summed E-state index contributed by atoms with van der Waals surface area (Å²) in [4.78, 5) is 13.5. The average Bonchev–Trinajstić information content (AvgIpc) is 2.43. The quantitative estimate of drug-likeness (QED) is 0.813. The first kappa shape index (κ1) is 13.7. The Kier molecular flexibility index (Phi) is 4.90. The van der Waals surface area contributed by atoms with Crippen molar-refractivity contribution in [2.45, 2.75) is 19.8 Å². The first-order chi connectivity index (χ1) is 8.63. The lowest BCUT2D eigenvalue weighted by Gasteiger charge is -2.20. The molecule has 0 saturated heterocycles. The number of amides is 1. The summed E-state index contributed by atoms with van der Waals surface area (Å²) < 4.78 is 0. The smallest absolute Gasteiger partial charge is 0.244 e. The van der Waals surface area contributed by atoms with Gasteiger partial charge < -0.3 is 4.90 Å². The Morgan fingerprint density at radius 1 is 1.44 bits per heavy atom. The lowest BCUT2D eigenvalue weighted by molar-refractivity contribution is -0.120. The van der Waals surface area contributed by atoms with Crippen LogP contribution >= 0.6 is 0 Å². The van der Waals surface area contributed by atoms with E-state index in [0.717, 1.165) is 6.42 Å². The Morgan fingerprint density at radius 3 is 2.72 bits per heavy atom. The Labute approximate surface area is 107 Å². The summed E-state index contributed by atoms with van der Waals surface area (Å²) in [6, 6.07) is 10.8. The largest absolute Gasteiger partial charge is 0.314 e. The predicted molar refractivity (Wildman–Crippen MR) is 68.6 cm³/mol. The van der Waals surface area contributed by atoms with E-state index in [4.69, 9.17) is 10.5 Å². The molecule has 0 aromatic heterocycles. The van der Waals surface area contributed by atoms with Crippen molar-refractivity contribution in [2.75, 3.05) is 11.9 Å². The van der Waals surface area contributed by atoms with Crippen LogP contribution in [0.3, 0.4) is 0 Å². The number of benzene rings is 1. The minimum atomic E-state index is -0.620. The normalized spacial score (nSPS) is 11.1. The number of anilines is 1. The maximum atomic E-state index is 12.1. The molecule has 1 aromatic rings. The van der Waals surface area contributed by atoms with Crippen LogP contribution in [-0.4, -0.2) is 13.0 Å². The number of nitriles is 2. The minimum absolute atomic E-state index is 0.227. The van der Waals surface area contributed by atoms with E-state index in [2.05, 4.69) is 0 Å². The van der Waals surface area contributed by atoms with Gasteiger partial charge in [0.05, 0.1) is 17.7 Å². The van der Waals surface area contributed by atoms with Gasteiger partial charge in [-0.1, -0.05) is 19.4 Å². The van der Waals surface area contributed by atoms with Crippen molar-refractivity contribution in [2.24, 2.45) is 5.92 Å². The molecule has 4 heteroatoms.